The zero-order valence-electron chi connectivity index (χ0n) is 9.85. The van der Waals surface area contributed by atoms with Gasteiger partial charge >= 0.3 is 0 Å². The molecule has 0 unspecified atom stereocenters. The molecule has 0 aliphatic heterocycles. The van der Waals surface area contributed by atoms with E-state index < -0.39 is 0 Å². The maximum atomic E-state index is 5.08. The van der Waals surface area contributed by atoms with E-state index >= 15 is 0 Å². The number of nitrogens with zero attached hydrogens (tertiary/aromatic N) is 1. The van der Waals surface area contributed by atoms with E-state index in [1.807, 2.05) is 18.2 Å². The van der Waals surface area contributed by atoms with Crippen LogP contribution in [0.15, 0.2) is 35.0 Å². The summed E-state index contributed by atoms with van der Waals surface area (Å²) in [6, 6.07) is 7.98. The second kappa shape index (κ2) is 6.37. The Labute approximate surface area is 105 Å². The highest BCUT2D eigenvalue weighted by Gasteiger charge is 1.97. The van der Waals surface area contributed by atoms with E-state index in [2.05, 4.69) is 27.1 Å². The van der Waals surface area contributed by atoms with Crippen molar-refractivity contribution in [3.63, 3.8) is 0 Å². The van der Waals surface area contributed by atoms with E-state index in [9.17, 15) is 0 Å². The summed E-state index contributed by atoms with van der Waals surface area (Å²) in [5, 5.41) is 7.67. The predicted molar refractivity (Wildman–Crippen MR) is 70.5 cm³/mol. The van der Waals surface area contributed by atoms with Gasteiger partial charge in [0.15, 0.2) is 0 Å². The summed E-state index contributed by atoms with van der Waals surface area (Å²) in [6.07, 6.45) is 1.06. The standard InChI is InChI=1S/C13H16N2OS/c1-16-13-4-2-3-12(15-13)9-14-7-5-11-6-8-17-10-11/h2-4,6,8,10,14H,5,7,9H2,1H3. The van der Waals surface area contributed by atoms with Gasteiger partial charge in [0.25, 0.3) is 0 Å². The number of ether oxygens (including phenoxy) is 1. The van der Waals surface area contributed by atoms with Crippen molar-refractivity contribution in [2.75, 3.05) is 13.7 Å². The third kappa shape index (κ3) is 3.84. The molecule has 1 N–H and O–H groups in total. The van der Waals surface area contributed by atoms with Gasteiger partial charge in [-0.15, -0.1) is 0 Å². The summed E-state index contributed by atoms with van der Waals surface area (Å²) in [5.74, 6) is 0.669. The van der Waals surface area contributed by atoms with Crippen molar-refractivity contribution in [3.8, 4) is 5.88 Å². The molecular weight excluding hydrogens is 232 g/mol. The topological polar surface area (TPSA) is 34.1 Å². The molecule has 0 atom stereocenters. The van der Waals surface area contributed by atoms with Gasteiger partial charge in [-0.1, -0.05) is 6.07 Å². The second-order valence-electron chi connectivity index (χ2n) is 3.73. The van der Waals surface area contributed by atoms with Crippen LogP contribution in [0.1, 0.15) is 11.3 Å². The van der Waals surface area contributed by atoms with E-state index in [1.165, 1.54) is 5.56 Å². The number of hydrogen-bond donors (Lipinski definition) is 1. The molecule has 0 bridgehead atoms. The van der Waals surface area contributed by atoms with Crippen LogP contribution in [0.5, 0.6) is 5.88 Å². The highest BCUT2D eigenvalue weighted by Crippen LogP contribution is 2.07. The van der Waals surface area contributed by atoms with Crippen molar-refractivity contribution in [1.29, 1.82) is 0 Å². The Morgan fingerprint density at radius 2 is 2.29 bits per heavy atom. The average molecular weight is 248 g/mol. The molecule has 0 saturated heterocycles. The normalized spacial score (nSPS) is 10.4. The number of rotatable bonds is 6. The van der Waals surface area contributed by atoms with Gasteiger partial charge in [-0.2, -0.15) is 11.3 Å². The first kappa shape index (κ1) is 12.1. The molecule has 0 amide bonds. The quantitative estimate of drug-likeness (QED) is 0.797. The van der Waals surface area contributed by atoms with Crippen molar-refractivity contribution in [1.82, 2.24) is 10.3 Å². The summed E-state index contributed by atoms with van der Waals surface area (Å²) in [6.45, 7) is 1.75. The van der Waals surface area contributed by atoms with Gasteiger partial charge in [0, 0.05) is 12.6 Å². The van der Waals surface area contributed by atoms with Crippen molar-refractivity contribution in [2.24, 2.45) is 0 Å². The van der Waals surface area contributed by atoms with Crippen LogP contribution in [0.4, 0.5) is 0 Å². The fourth-order valence-corrected chi connectivity index (χ4v) is 2.26. The van der Waals surface area contributed by atoms with Crippen LogP contribution in [0.3, 0.4) is 0 Å². The number of hydrogen-bond acceptors (Lipinski definition) is 4. The lowest BCUT2D eigenvalue weighted by Crippen LogP contribution is -2.17. The van der Waals surface area contributed by atoms with Crippen molar-refractivity contribution in [3.05, 3.63) is 46.3 Å². The van der Waals surface area contributed by atoms with E-state index in [-0.39, 0.29) is 0 Å². The summed E-state index contributed by atoms with van der Waals surface area (Å²) in [7, 11) is 1.64. The van der Waals surface area contributed by atoms with Crippen LogP contribution < -0.4 is 10.1 Å². The Bertz CT molecular complexity index is 442. The number of methoxy groups -OCH3 is 1. The average Bonchev–Trinajstić information content (AvgIpc) is 2.88. The lowest BCUT2D eigenvalue weighted by molar-refractivity contribution is 0.395. The second-order valence-corrected chi connectivity index (χ2v) is 4.51. The number of thiophene rings is 1. The van der Waals surface area contributed by atoms with E-state index in [1.54, 1.807) is 18.4 Å². The minimum absolute atomic E-state index is 0.669. The molecule has 17 heavy (non-hydrogen) atoms. The maximum Gasteiger partial charge on any atom is 0.213 e. The molecule has 3 nitrogen and oxygen atoms in total. The largest absolute Gasteiger partial charge is 0.481 e. The molecule has 0 radical (unpaired) electrons. The predicted octanol–water partition coefficient (Wildman–Crippen LogP) is 2.48. The number of aromatic nitrogens is 1. The van der Waals surface area contributed by atoms with Crippen LogP contribution in [-0.4, -0.2) is 18.6 Å². The van der Waals surface area contributed by atoms with Gasteiger partial charge in [0.05, 0.1) is 12.8 Å². The van der Waals surface area contributed by atoms with Gasteiger partial charge in [-0.3, -0.25) is 0 Å². The van der Waals surface area contributed by atoms with Crippen LogP contribution in [0, 0.1) is 0 Å². The smallest absolute Gasteiger partial charge is 0.213 e. The molecule has 0 aromatic carbocycles. The molecule has 2 rings (SSSR count). The molecule has 4 heteroatoms. The van der Waals surface area contributed by atoms with E-state index in [4.69, 9.17) is 4.74 Å². The summed E-state index contributed by atoms with van der Waals surface area (Å²) in [5.41, 5.74) is 2.40. The van der Waals surface area contributed by atoms with Crippen molar-refractivity contribution in [2.45, 2.75) is 13.0 Å². The van der Waals surface area contributed by atoms with Crippen LogP contribution >= 0.6 is 11.3 Å². The fourth-order valence-electron chi connectivity index (χ4n) is 1.55. The monoisotopic (exact) mass is 248 g/mol. The molecule has 0 fully saturated rings. The fraction of sp³-hybridized carbons (Fsp3) is 0.308. The minimum Gasteiger partial charge on any atom is -0.481 e. The molecular formula is C13H16N2OS. The molecule has 0 saturated carbocycles. The van der Waals surface area contributed by atoms with Gasteiger partial charge in [-0.05, 0) is 41.4 Å². The zero-order chi connectivity index (χ0) is 11.9. The minimum atomic E-state index is 0.669. The third-order valence-corrected chi connectivity index (χ3v) is 3.20. The van der Waals surface area contributed by atoms with Crippen LogP contribution in [-0.2, 0) is 13.0 Å². The van der Waals surface area contributed by atoms with Crippen LogP contribution in [0.25, 0.3) is 0 Å². The van der Waals surface area contributed by atoms with Gasteiger partial charge in [0.1, 0.15) is 0 Å². The highest BCUT2D eigenvalue weighted by molar-refractivity contribution is 7.07. The number of pyridine rings is 1. The SMILES string of the molecule is COc1cccc(CNCCc2ccsc2)n1. The van der Waals surface area contributed by atoms with Crippen LogP contribution in [0.2, 0.25) is 0 Å². The summed E-state index contributed by atoms with van der Waals surface area (Å²) < 4.78 is 5.08. The maximum absolute atomic E-state index is 5.08. The molecule has 0 aliphatic rings. The summed E-state index contributed by atoms with van der Waals surface area (Å²) in [4.78, 5) is 4.34. The van der Waals surface area contributed by atoms with Crippen molar-refractivity contribution < 1.29 is 4.74 Å². The Hall–Kier alpha value is -1.39. The molecule has 90 valence electrons. The van der Waals surface area contributed by atoms with E-state index in [0.29, 0.717) is 5.88 Å². The Morgan fingerprint density at radius 1 is 1.35 bits per heavy atom. The Morgan fingerprint density at radius 3 is 3.06 bits per heavy atom. The lowest BCUT2D eigenvalue weighted by atomic mass is 10.2. The molecule has 0 spiro atoms. The zero-order valence-corrected chi connectivity index (χ0v) is 10.7. The summed E-state index contributed by atoms with van der Waals surface area (Å²) >= 11 is 1.74. The van der Waals surface area contributed by atoms with E-state index in [0.717, 1.165) is 25.2 Å². The molecule has 2 aromatic rings. The van der Waals surface area contributed by atoms with Gasteiger partial charge in [-0.25, -0.2) is 4.98 Å². The first-order valence-electron chi connectivity index (χ1n) is 5.60. The Kier molecular flexibility index (Phi) is 4.53. The van der Waals surface area contributed by atoms with Crippen molar-refractivity contribution >= 4 is 11.3 Å². The first-order valence-corrected chi connectivity index (χ1v) is 6.54. The lowest BCUT2D eigenvalue weighted by Gasteiger charge is -2.05. The highest BCUT2D eigenvalue weighted by atomic mass is 32.1. The molecule has 2 heterocycles. The Balaban J connectivity index is 1.74. The third-order valence-electron chi connectivity index (χ3n) is 2.47. The van der Waals surface area contributed by atoms with Gasteiger partial charge < -0.3 is 10.1 Å². The number of nitrogens with one attached hydrogen (secondary N) is 1. The first-order chi connectivity index (χ1) is 8.38. The molecule has 0 aliphatic carbocycles. The molecule has 2 aromatic heterocycles. The van der Waals surface area contributed by atoms with Gasteiger partial charge in [0.2, 0.25) is 5.88 Å².